The van der Waals surface area contributed by atoms with Crippen molar-refractivity contribution in [3.63, 3.8) is 0 Å². The van der Waals surface area contributed by atoms with Crippen molar-refractivity contribution in [2.24, 2.45) is 0 Å². The molecule has 3 heterocycles. The van der Waals surface area contributed by atoms with Crippen molar-refractivity contribution < 1.29 is 37.9 Å². The first kappa shape index (κ1) is 32.4. The van der Waals surface area contributed by atoms with Gasteiger partial charge in [0.05, 0.1) is 0 Å². The molecule has 1 aliphatic carbocycles. The van der Waals surface area contributed by atoms with Crippen LogP contribution in [-0.4, -0.2) is 15.0 Å². The van der Waals surface area contributed by atoms with Crippen LogP contribution in [0.2, 0.25) is 0 Å². The third-order valence-corrected chi connectivity index (χ3v) is 13.0. The van der Waals surface area contributed by atoms with E-state index in [2.05, 4.69) is 93.3 Å². The zero-order valence-electron chi connectivity index (χ0n) is 51.2. The third kappa shape index (κ3) is 9.30. The minimum Gasteiger partial charge on any atom is -0.304 e. The van der Waals surface area contributed by atoms with E-state index in [4.69, 9.17) is 20.9 Å². The van der Waals surface area contributed by atoms with Crippen molar-refractivity contribution in [3.05, 3.63) is 221 Å². The number of hydrogen-bond donors (Lipinski definition) is 0. The number of pyridine rings is 3. The maximum atomic E-state index is 10.1. The number of fused-ring (bicyclic) bond motifs is 6. The molecular weight excluding hydrogens is 1000 g/mol. The molecule has 0 aliphatic heterocycles. The topological polar surface area (TPSA) is 38.7 Å². The van der Waals surface area contributed by atoms with Gasteiger partial charge in [0, 0.05) is 36.4 Å². The molecule has 0 radical (unpaired) electrons. The number of benzene rings is 7. The van der Waals surface area contributed by atoms with Crippen LogP contribution in [-0.2, 0) is 56.5 Å². The number of rotatable bonds is 12. The van der Waals surface area contributed by atoms with Gasteiger partial charge in [0.15, 0.2) is 0 Å². The van der Waals surface area contributed by atoms with Crippen LogP contribution in [0.4, 0.5) is 0 Å². The second-order valence-electron chi connectivity index (χ2n) is 18.7. The minimum atomic E-state index is -3.45. The molecule has 336 valence electrons. The van der Waals surface area contributed by atoms with Gasteiger partial charge in [-0.3, -0.25) is 0 Å². The molecule has 10 aromatic rings. The standard InChI is InChI=1S/C64H56N3.Ir/c1-63(2,55-35-52-29-27-47-17-10-12-23-57(47)61(52)66-41-55)38-44-31-43(32-45(33-44)39-64(3,4)56-36-53-30-28-48-18-11-13-24-58(48)62(53)67-42-56)25-26-54-40-65-60(49-19-6-5-7-20-49)37-59(54)51-22-14-21-50(34-51)46-15-8-9-16-46;/h5-7,10-14,17-19,21-22,27-37,40-42,46H,8-9,15-16,25-26,38-39H2,1-4H3;/q-3;+3/i8D2,9D2,15D2,16D2,25D2,26D2,46D;. The molecule has 3 aromatic heterocycles. The fraction of sp³-hybridized carbons (Fsp3) is 0.234. The SMILES string of the molecule is [2H]C([2H])(c1cc(CC(C)(C)c2cnc3c(ccc4ccc[c-]c43)c2)cc(CC(C)(C)c2cnc3c(ccc4ccc[c-]c43)c2)c1)C([2H])([2H])c1cnc(-c2[c-]cccc2)cc1-c1cccc(C2([2H])C([2H])([2H])C([2H])([2H])C([2H])([2H])C2([2H])[2H])c1.[Ir+3]. The van der Waals surface area contributed by atoms with Crippen molar-refractivity contribution in [2.75, 3.05) is 0 Å². The van der Waals surface area contributed by atoms with Gasteiger partial charge in [-0.15, -0.1) is 106 Å². The number of hydrogen-bond acceptors (Lipinski definition) is 3. The Bertz CT molecular complexity index is 3910. The molecule has 11 rings (SSSR count). The summed E-state index contributed by atoms with van der Waals surface area (Å²) in [6.45, 7) is 8.44. The van der Waals surface area contributed by atoms with Gasteiger partial charge >= 0.3 is 20.1 Å². The molecule has 4 heteroatoms. The summed E-state index contributed by atoms with van der Waals surface area (Å²) >= 11 is 0. The van der Waals surface area contributed by atoms with E-state index >= 15 is 0 Å². The summed E-state index contributed by atoms with van der Waals surface area (Å²) < 4.78 is 119. The van der Waals surface area contributed by atoms with E-state index in [1.807, 2.05) is 48.8 Å². The van der Waals surface area contributed by atoms with E-state index in [9.17, 15) is 6.85 Å². The van der Waals surface area contributed by atoms with Crippen LogP contribution in [0.1, 0.15) is 116 Å². The van der Waals surface area contributed by atoms with Gasteiger partial charge < -0.3 is 15.0 Å². The van der Waals surface area contributed by atoms with E-state index in [0.717, 1.165) is 65.6 Å². The number of nitrogens with zero attached hydrogens (tertiary/aromatic N) is 3. The van der Waals surface area contributed by atoms with Gasteiger partial charge in [-0.2, -0.15) is 0 Å². The Hall–Kier alpha value is -6.32. The molecule has 1 saturated carbocycles. The monoisotopic (exact) mass is 1070 g/mol. The molecule has 7 aromatic carbocycles. The zero-order chi connectivity index (χ0) is 57.2. The van der Waals surface area contributed by atoms with Crippen LogP contribution < -0.4 is 0 Å². The minimum absolute atomic E-state index is 0. The Labute approximate surface area is 433 Å². The Balaban J connectivity index is 0.00000736. The van der Waals surface area contributed by atoms with Crippen LogP contribution in [0.15, 0.2) is 164 Å². The van der Waals surface area contributed by atoms with Gasteiger partial charge in [0.1, 0.15) is 0 Å². The smallest absolute Gasteiger partial charge is 0.304 e. The summed E-state index contributed by atoms with van der Waals surface area (Å²) in [6, 6.07) is 53.4. The second-order valence-corrected chi connectivity index (χ2v) is 18.7. The summed E-state index contributed by atoms with van der Waals surface area (Å²) in [5.74, 6) is -3.15. The van der Waals surface area contributed by atoms with E-state index in [0.29, 0.717) is 24.1 Å². The summed E-state index contributed by atoms with van der Waals surface area (Å²) in [6.07, 6.45) is -13.6. The Morgan fingerprint density at radius 3 is 1.76 bits per heavy atom. The Morgan fingerprint density at radius 1 is 0.574 bits per heavy atom. The maximum Gasteiger partial charge on any atom is 3.00 e. The van der Waals surface area contributed by atoms with E-state index in [1.54, 1.807) is 42.5 Å². The van der Waals surface area contributed by atoms with Crippen LogP contribution >= 0.6 is 0 Å². The van der Waals surface area contributed by atoms with Crippen molar-refractivity contribution in [1.82, 2.24) is 15.0 Å². The molecule has 0 amide bonds. The average molecular weight is 1070 g/mol. The summed E-state index contributed by atoms with van der Waals surface area (Å²) in [5.41, 5.74) is 4.43. The van der Waals surface area contributed by atoms with Crippen molar-refractivity contribution in [2.45, 2.75) is 95.5 Å². The first-order chi connectivity index (χ1) is 37.5. The zero-order valence-corrected chi connectivity index (χ0v) is 40.6. The van der Waals surface area contributed by atoms with Crippen molar-refractivity contribution in [1.29, 1.82) is 0 Å². The van der Waals surface area contributed by atoms with Crippen molar-refractivity contribution in [3.8, 4) is 22.4 Å². The molecule has 0 atom stereocenters. The van der Waals surface area contributed by atoms with Gasteiger partial charge in [0.2, 0.25) is 0 Å². The van der Waals surface area contributed by atoms with Crippen molar-refractivity contribution >= 4 is 43.4 Å². The molecule has 0 unspecified atom stereocenters. The largest absolute Gasteiger partial charge is 3.00 e. The number of aromatic nitrogens is 3. The molecule has 68 heavy (non-hydrogen) atoms. The van der Waals surface area contributed by atoms with Gasteiger partial charge in [-0.05, 0) is 133 Å². The molecule has 0 bridgehead atoms. The quantitative estimate of drug-likeness (QED) is 0.0904. The van der Waals surface area contributed by atoms with Gasteiger partial charge in [-0.25, -0.2) is 0 Å². The molecule has 1 aliphatic rings. The van der Waals surface area contributed by atoms with Crippen LogP contribution in [0.3, 0.4) is 0 Å². The Kier molecular flexibility index (Phi) is 9.06. The van der Waals surface area contributed by atoms with Crippen LogP contribution in [0.5, 0.6) is 0 Å². The molecule has 3 nitrogen and oxygen atoms in total. The fourth-order valence-electron chi connectivity index (χ4n) is 9.42. The van der Waals surface area contributed by atoms with E-state index in [1.165, 1.54) is 30.5 Å². The van der Waals surface area contributed by atoms with Gasteiger partial charge in [-0.1, -0.05) is 125 Å². The fourth-order valence-corrected chi connectivity index (χ4v) is 9.42. The second kappa shape index (κ2) is 19.0. The molecule has 0 spiro atoms. The summed E-state index contributed by atoms with van der Waals surface area (Å²) in [7, 11) is 0. The number of aryl methyl sites for hydroxylation is 2. The molecular formula is C64H56IrN3. The first-order valence-corrected chi connectivity index (χ1v) is 22.6. The first-order valence-electron chi connectivity index (χ1n) is 29.1. The predicted molar refractivity (Wildman–Crippen MR) is 279 cm³/mol. The van der Waals surface area contributed by atoms with Crippen LogP contribution in [0.25, 0.3) is 65.7 Å². The summed E-state index contributed by atoms with van der Waals surface area (Å²) in [4.78, 5) is 14.6. The molecule has 0 saturated heterocycles. The molecule has 1 fully saturated rings. The Morgan fingerprint density at radius 2 is 1.16 bits per heavy atom. The van der Waals surface area contributed by atoms with E-state index < -0.39 is 60.5 Å². The average Bonchev–Trinajstić information content (AvgIpc) is 3.70. The normalized spacial score (nSPS) is 20.1. The third-order valence-electron chi connectivity index (χ3n) is 13.0. The van der Waals surface area contributed by atoms with Crippen LogP contribution in [0, 0.1) is 18.2 Å². The predicted octanol–water partition coefficient (Wildman–Crippen LogP) is 15.7. The molecule has 0 N–H and O–H groups in total. The summed E-state index contributed by atoms with van der Waals surface area (Å²) in [5, 5.41) is 5.81. The maximum absolute atomic E-state index is 10.1. The van der Waals surface area contributed by atoms with E-state index in [-0.39, 0.29) is 42.4 Å². The van der Waals surface area contributed by atoms with Gasteiger partial charge in [0.25, 0.3) is 0 Å².